The van der Waals surface area contributed by atoms with E-state index in [1.807, 2.05) is 24.4 Å². The third-order valence-corrected chi connectivity index (χ3v) is 4.31. The summed E-state index contributed by atoms with van der Waals surface area (Å²) in [5.74, 6) is -0.163. The second-order valence-electron chi connectivity index (χ2n) is 6.05. The molecule has 2 N–H and O–H groups in total. The van der Waals surface area contributed by atoms with E-state index in [0.717, 1.165) is 10.5 Å². The number of nitrogens with one attached hydrogen (secondary N) is 1. The summed E-state index contributed by atoms with van der Waals surface area (Å²) < 4.78 is 0. The fourth-order valence-electron chi connectivity index (χ4n) is 1.40. The molecule has 1 heterocycles. The van der Waals surface area contributed by atoms with Crippen molar-refractivity contribution < 1.29 is 9.90 Å². The van der Waals surface area contributed by atoms with Crippen LogP contribution >= 0.6 is 11.3 Å². The van der Waals surface area contributed by atoms with Crippen LogP contribution in [0.1, 0.15) is 39.5 Å². The quantitative estimate of drug-likeness (QED) is 0.833. The van der Waals surface area contributed by atoms with Crippen LogP contribution in [-0.2, 0) is 10.4 Å². The molecule has 1 atom stereocenters. The zero-order valence-electron chi connectivity index (χ0n) is 12.3. The van der Waals surface area contributed by atoms with Crippen molar-refractivity contribution in [1.82, 2.24) is 5.32 Å². The Morgan fingerprint density at radius 2 is 2.05 bits per heavy atom. The Balaban J connectivity index is 2.61. The van der Waals surface area contributed by atoms with Gasteiger partial charge in [-0.3, -0.25) is 4.79 Å². The average Bonchev–Trinajstić information content (AvgIpc) is 2.79. The summed E-state index contributed by atoms with van der Waals surface area (Å²) in [7, 11) is 0. The molecule has 1 aromatic rings. The van der Waals surface area contributed by atoms with Crippen LogP contribution in [0.2, 0.25) is 0 Å². The summed E-state index contributed by atoms with van der Waals surface area (Å²) in [6.45, 7) is 10.0. The van der Waals surface area contributed by atoms with E-state index in [1.165, 1.54) is 11.3 Å². The minimum atomic E-state index is -1.02. The van der Waals surface area contributed by atoms with E-state index in [0.29, 0.717) is 0 Å². The van der Waals surface area contributed by atoms with Crippen molar-refractivity contribution >= 4 is 17.2 Å². The maximum Gasteiger partial charge on any atom is 0.244 e. The van der Waals surface area contributed by atoms with Gasteiger partial charge >= 0.3 is 0 Å². The summed E-state index contributed by atoms with van der Waals surface area (Å²) in [4.78, 5) is 12.7. The standard InChI is InChI=1S/C15H23NO2S/c1-11(14(2,3)4)9-13(17)16-10-15(5,18)12-7-6-8-19-12/h6-9,18H,10H2,1-5H3,(H,16,17). The van der Waals surface area contributed by atoms with Crippen LogP contribution in [0.5, 0.6) is 0 Å². The molecule has 0 radical (unpaired) electrons. The van der Waals surface area contributed by atoms with E-state index in [4.69, 9.17) is 0 Å². The number of allylic oxidation sites excluding steroid dienone is 1. The highest BCUT2D eigenvalue weighted by Gasteiger charge is 2.24. The van der Waals surface area contributed by atoms with Gasteiger partial charge in [-0.1, -0.05) is 32.4 Å². The van der Waals surface area contributed by atoms with Crippen LogP contribution in [0.4, 0.5) is 0 Å². The van der Waals surface area contributed by atoms with E-state index < -0.39 is 5.60 Å². The van der Waals surface area contributed by atoms with Gasteiger partial charge in [-0.25, -0.2) is 0 Å². The molecule has 1 amide bonds. The highest BCUT2D eigenvalue weighted by molar-refractivity contribution is 7.10. The van der Waals surface area contributed by atoms with Crippen molar-refractivity contribution in [2.24, 2.45) is 5.41 Å². The molecule has 1 unspecified atom stereocenters. The zero-order valence-corrected chi connectivity index (χ0v) is 13.1. The highest BCUT2D eigenvalue weighted by Crippen LogP contribution is 2.25. The minimum absolute atomic E-state index is 0.0202. The van der Waals surface area contributed by atoms with Gasteiger partial charge in [0, 0.05) is 11.0 Å². The molecule has 0 aromatic carbocycles. The largest absolute Gasteiger partial charge is 0.383 e. The van der Waals surface area contributed by atoms with Gasteiger partial charge in [0.1, 0.15) is 5.60 Å². The molecular weight excluding hydrogens is 258 g/mol. The van der Waals surface area contributed by atoms with Crippen LogP contribution in [0, 0.1) is 5.41 Å². The van der Waals surface area contributed by atoms with Crippen molar-refractivity contribution in [2.75, 3.05) is 6.54 Å². The molecule has 0 spiro atoms. The number of amides is 1. The lowest BCUT2D eigenvalue weighted by Crippen LogP contribution is -2.37. The van der Waals surface area contributed by atoms with Crippen molar-refractivity contribution in [3.05, 3.63) is 34.0 Å². The Kier molecular flexibility index (Phi) is 4.93. The summed E-state index contributed by atoms with van der Waals surface area (Å²) in [6.07, 6.45) is 1.60. The zero-order chi connectivity index (χ0) is 14.7. The molecule has 0 saturated heterocycles. The Morgan fingerprint density at radius 3 is 2.53 bits per heavy atom. The molecule has 1 rings (SSSR count). The fraction of sp³-hybridized carbons (Fsp3) is 0.533. The first-order chi connectivity index (χ1) is 8.63. The number of thiophene rings is 1. The summed E-state index contributed by atoms with van der Waals surface area (Å²) in [5.41, 5.74) is -0.0262. The minimum Gasteiger partial charge on any atom is -0.383 e. The van der Waals surface area contributed by atoms with E-state index in [9.17, 15) is 9.90 Å². The van der Waals surface area contributed by atoms with E-state index in [-0.39, 0.29) is 17.9 Å². The van der Waals surface area contributed by atoms with Gasteiger partial charge in [0.2, 0.25) is 5.91 Å². The van der Waals surface area contributed by atoms with Crippen molar-refractivity contribution in [3.8, 4) is 0 Å². The van der Waals surface area contributed by atoms with Crippen LogP contribution in [0.15, 0.2) is 29.2 Å². The van der Waals surface area contributed by atoms with Crippen LogP contribution in [0.3, 0.4) is 0 Å². The van der Waals surface area contributed by atoms with Crippen LogP contribution in [-0.4, -0.2) is 17.6 Å². The number of carbonyl (C=O) groups excluding carboxylic acids is 1. The first kappa shape index (κ1) is 15.9. The molecule has 0 bridgehead atoms. The lowest BCUT2D eigenvalue weighted by Gasteiger charge is -2.23. The number of aliphatic hydroxyl groups is 1. The van der Waals surface area contributed by atoms with Crippen LogP contribution < -0.4 is 5.32 Å². The number of rotatable bonds is 4. The molecule has 19 heavy (non-hydrogen) atoms. The van der Waals surface area contributed by atoms with Gasteiger partial charge in [0.05, 0.1) is 6.54 Å². The first-order valence-corrected chi connectivity index (χ1v) is 7.24. The van der Waals surface area contributed by atoms with Gasteiger partial charge < -0.3 is 10.4 Å². The van der Waals surface area contributed by atoms with Crippen molar-refractivity contribution in [3.63, 3.8) is 0 Å². The van der Waals surface area contributed by atoms with Crippen LogP contribution in [0.25, 0.3) is 0 Å². The van der Waals surface area contributed by atoms with Gasteiger partial charge in [0.15, 0.2) is 0 Å². The van der Waals surface area contributed by atoms with Gasteiger partial charge in [0.25, 0.3) is 0 Å². The summed E-state index contributed by atoms with van der Waals surface area (Å²) in [5, 5.41) is 15.0. The van der Waals surface area contributed by atoms with E-state index >= 15 is 0 Å². The maximum absolute atomic E-state index is 11.8. The number of hydrogen-bond acceptors (Lipinski definition) is 3. The number of hydrogen-bond donors (Lipinski definition) is 2. The number of carbonyl (C=O) groups is 1. The first-order valence-electron chi connectivity index (χ1n) is 6.36. The lowest BCUT2D eigenvalue weighted by molar-refractivity contribution is -0.117. The van der Waals surface area contributed by atoms with E-state index in [1.54, 1.807) is 13.0 Å². The Morgan fingerprint density at radius 1 is 1.42 bits per heavy atom. The molecule has 1 aromatic heterocycles. The Bertz CT molecular complexity index is 453. The lowest BCUT2D eigenvalue weighted by atomic mass is 9.87. The Hall–Kier alpha value is -1.13. The maximum atomic E-state index is 11.8. The predicted molar refractivity (Wildman–Crippen MR) is 80.1 cm³/mol. The van der Waals surface area contributed by atoms with Crippen molar-refractivity contribution in [2.45, 2.75) is 40.2 Å². The average molecular weight is 281 g/mol. The third-order valence-electron chi connectivity index (χ3n) is 3.19. The SMILES string of the molecule is CC(=CC(=O)NCC(C)(O)c1cccs1)C(C)(C)C. The molecule has 0 aliphatic heterocycles. The van der Waals surface area contributed by atoms with Gasteiger partial charge in [-0.2, -0.15) is 0 Å². The third kappa shape index (κ3) is 4.80. The summed E-state index contributed by atoms with van der Waals surface area (Å²) >= 11 is 1.48. The highest BCUT2D eigenvalue weighted by atomic mass is 32.1. The molecule has 4 heteroatoms. The van der Waals surface area contributed by atoms with Gasteiger partial charge in [-0.05, 0) is 30.7 Å². The van der Waals surface area contributed by atoms with E-state index in [2.05, 4.69) is 26.1 Å². The smallest absolute Gasteiger partial charge is 0.244 e. The summed E-state index contributed by atoms with van der Waals surface area (Å²) in [6, 6.07) is 3.76. The molecule has 0 aliphatic rings. The fourth-order valence-corrected chi connectivity index (χ4v) is 2.18. The topological polar surface area (TPSA) is 49.3 Å². The van der Waals surface area contributed by atoms with Gasteiger partial charge in [-0.15, -0.1) is 11.3 Å². The Labute approximate surface area is 119 Å². The second kappa shape index (κ2) is 5.88. The monoisotopic (exact) mass is 281 g/mol. The molecule has 0 aliphatic carbocycles. The molecule has 106 valence electrons. The molecule has 3 nitrogen and oxygen atoms in total. The normalized spacial score (nSPS) is 16.0. The van der Waals surface area contributed by atoms with Crippen molar-refractivity contribution in [1.29, 1.82) is 0 Å². The molecular formula is C15H23NO2S. The molecule has 0 saturated carbocycles. The predicted octanol–water partition coefficient (Wildman–Crippen LogP) is 3.06. The molecule has 0 fully saturated rings. The second-order valence-corrected chi connectivity index (χ2v) is 6.99.